The molecular formula is C31H31BO3. The highest BCUT2D eigenvalue weighted by Crippen LogP contribution is 2.49. The summed E-state index contributed by atoms with van der Waals surface area (Å²) in [5.74, 6) is 1.39. The van der Waals surface area contributed by atoms with Crippen LogP contribution in [0, 0.1) is 5.92 Å². The average Bonchev–Trinajstić information content (AvgIpc) is 3.32. The molecule has 0 spiro atoms. The maximum absolute atomic E-state index is 6.66. The number of rotatable bonds is 3. The standard InChI is InChI=1S/C31H31BO3/c1-20-23(21-13-8-6-9-14-21)19-24-28-25(32-34-30(2,3)31(4,5)35-32)17-12-18-26(28)33-29(24)27(20)22-15-10-7-11-16-22/h6-20,27H,1-5H3. The Kier molecular flexibility index (Phi) is 5.10. The number of fused-ring (bicyclic) bond motifs is 3. The van der Waals surface area contributed by atoms with E-state index in [-0.39, 0.29) is 11.8 Å². The predicted molar refractivity (Wildman–Crippen MR) is 144 cm³/mol. The van der Waals surface area contributed by atoms with Gasteiger partial charge in [-0.2, -0.15) is 0 Å². The first-order valence-corrected chi connectivity index (χ1v) is 12.5. The lowest BCUT2D eigenvalue weighted by Crippen LogP contribution is -2.41. The van der Waals surface area contributed by atoms with Crippen molar-refractivity contribution in [3.63, 3.8) is 0 Å². The second-order valence-electron chi connectivity index (χ2n) is 10.8. The second-order valence-corrected chi connectivity index (χ2v) is 10.8. The van der Waals surface area contributed by atoms with Gasteiger partial charge >= 0.3 is 7.12 Å². The monoisotopic (exact) mass is 462 g/mol. The van der Waals surface area contributed by atoms with E-state index in [1.54, 1.807) is 0 Å². The van der Waals surface area contributed by atoms with Crippen molar-refractivity contribution in [2.45, 2.75) is 51.7 Å². The molecule has 1 aliphatic carbocycles. The summed E-state index contributed by atoms with van der Waals surface area (Å²) < 4.78 is 19.6. The van der Waals surface area contributed by atoms with E-state index in [9.17, 15) is 0 Å². The predicted octanol–water partition coefficient (Wildman–Crippen LogP) is 7.05. The van der Waals surface area contributed by atoms with Gasteiger partial charge in [0.1, 0.15) is 11.3 Å². The lowest BCUT2D eigenvalue weighted by Gasteiger charge is -2.32. The third-order valence-electron chi connectivity index (χ3n) is 8.16. The zero-order valence-electron chi connectivity index (χ0n) is 21.0. The van der Waals surface area contributed by atoms with E-state index in [2.05, 4.69) is 113 Å². The van der Waals surface area contributed by atoms with E-state index in [0.717, 1.165) is 27.8 Å². The molecule has 176 valence electrons. The topological polar surface area (TPSA) is 31.6 Å². The molecule has 0 radical (unpaired) electrons. The maximum atomic E-state index is 6.66. The van der Waals surface area contributed by atoms with Gasteiger partial charge in [0, 0.05) is 16.9 Å². The largest absolute Gasteiger partial charge is 0.495 e. The van der Waals surface area contributed by atoms with Crippen LogP contribution in [0.25, 0.3) is 22.6 Å². The Morgan fingerprint density at radius 2 is 1.37 bits per heavy atom. The van der Waals surface area contributed by atoms with E-state index in [4.69, 9.17) is 13.7 Å². The summed E-state index contributed by atoms with van der Waals surface area (Å²) in [6.07, 6.45) is 2.33. The maximum Gasteiger partial charge on any atom is 0.495 e. The molecular weight excluding hydrogens is 431 g/mol. The van der Waals surface area contributed by atoms with E-state index in [1.165, 1.54) is 16.7 Å². The molecule has 2 heterocycles. The fraction of sp³-hybridized carbons (Fsp3) is 0.290. The molecule has 2 unspecified atom stereocenters. The summed E-state index contributed by atoms with van der Waals surface area (Å²) in [5, 5.41) is 1.09. The third-order valence-corrected chi connectivity index (χ3v) is 8.16. The Balaban J connectivity index is 1.60. The van der Waals surface area contributed by atoms with Gasteiger partial charge in [-0.15, -0.1) is 0 Å². The van der Waals surface area contributed by atoms with Crippen LogP contribution in [0.1, 0.15) is 63.0 Å². The molecule has 2 atom stereocenters. The van der Waals surface area contributed by atoms with Gasteiger partial charge in [-0.3, -0.25) is 0 Å². The molecule has 1 aliphatic heterocycles. The SMILES string of the molecule is CC1C(c2ccccc2)=Cc2c(oc3cccc(B4OC(C)(C)C(C)(C)O4)c23)C1c1ccccc1. The van der Waals surface area contributed by atoms with Crippen LogP contribution in [0.2, 0.25) is 0 Å². The molecule has 0 N–H and O–H groups in total. The molecule has 4 heteroatoms. The summed E-state index contributed by atoms with van der Waals surface area (Å²) in [5.41, 5.74) is 6.05. The first-order chi connectivity index (χ1) is 16.8. The lowest BCUT2D eigenvalue weighted by atomic mass is 9.71. The highest BCUT2D eigenvalue weighted by atomic mass is 16.7. The van der Waals surface area contributed by atoms with Crippen molar-refractivity contribution in [1.29, 1.82) is 0 Å². The lowest BCUT2D eigenvalue weighted by molar-refractivity contribution is 0.00578. The fourth-order valence-electron chi connectivity index (χ4n) is 5.53. The number of benzene rings is 3. The minimum Gasteiger partial charge on any atom is -0.460 e. The molecule has 3 aromatic carbocycles. The van der Waals surface area contributed by atoms with Crippen molar-refractivity contribution in [3.05, 3.63) is 101 Å². The smallest absolute Gasteiger partial charge is 0.460 e. The van der Waals surface area contributed by atoms with Crippen molar-refractivity contribution < 1.29 is 13.7 Å². The summed E-state index contributed by atoms with van der Waals surface area (Å²) in [4.78, 5) is 0. The van der Waals surface area contributed by atoms with Gasteiger partial charge in [0.05, 0.1) is 11.2 Å². The molecule has 1 saturated heterocycles. The molecule has 1 fully saturated rings. The first kappa shape index (κ1) is 22.4. The zero-order chi connectivity index (χ0) is 24.4. The highest BCUT2D eigenvalue weighted by molar-refractivity contribution is 6.65. The van der Waals surface area contributed by atoms with Gasteiger partial charge in [-0.05, 0) is 67.9 Å². The van der Waals surface area contributed by atoms with Crippen molar-refractivity contribution in [2.75, 3.05) is 0 Å². The minimum atomic E-state index is -0.450. The molecule has 3 nitrogen and oxygen atoms in total. The quantitative estimate of drug-likeness (QED) is 0.306. The molecule has 0 saturated carbocycles. The molecule has 1 aromatic heterocycles. The number of allylic oxidation sites excluding steroid dienone is 1. The second kappa shape index (κ2) is 7.98. The molecule has 0 bridgehead atoms. The molecule has 6 rings (SSSR count). The minimum absolute atomic E-state index is 0.116. The van der Waals surface area contributed by atoms with Crippen molar-refractivity contribution in [1.82, 2.24) is 0 Å². The zero-order valence-corrected chi connectivity index (χ0v) is 21.0. The Morgan fingerprint density at radius 1 is 0.743 bits per heavy atom. The van der Waals surface area contributed by atoms with Gasteiger partial charge < -0.3 is 13.7 Å². The van der Waals surface area contributed by atoms with E-state index in [1.807, 2.05) is 6.07 Å². The number of hydrogen-bond acceptors (Lipinski definition) is 3. The summed E-state index contributed by atoms with van der Waals surface area (Å²) >= 11 is 0. The number of hydrogen-bond donors (Lipinski definition) is 0. The summed E-state index contributed by atoms with van der Waals surface area (Å²) in [7, 11) is -0.450. The van der Waals surface area contributed by atoms with Crippen LogP contribution in [-0.2, 0) is 9.31 Å². The average molecular weight is 462 g/mol. The Bertz CT molecular complexity index is 1400. The molecule has 35 heavy (non-hydrogen) atoms. The van der Waals surface area contributed by atoms with Crippen molar-refractivity contribution in [3.8, 4) is 0 Å². The molecule has 2 aliphatic rings. The van der Waals surface area contributed by atoms with Gasteiger partial charge in [-0.1, -0.05) is 79.7 Å². The van der Waals surface area contributed by atoms with Gasteiger partial charge in [0.25, 0.3) is 0 Å². The van der Waals surface area contributed by atoms with Crippen molar-refractivity contribution in [2.24, 2.45) is 5.92 Å². The Labute approximate surface area is 207 Å². The van der Waals surface area contributed by atoms with Crippen LogP contribution >= 0.6 is 0 Å². The Morgan fingerprint density at radius 3 is 2.03 bits per heavy atom. The summed E-state index contributed by atoms with van der Waals surface area (Å²) in [6.45, 7) is 10.7. The normalized spacial score (nSPS) is 22.8. The van der Waals surface area contributed by atoms with Gasteiger partial charge in [-0.25, -0.2) is 0 Å². The van der Waals surface area contributed by atoms with Gasteiger partial charge in [0.15, 0.2) is 0 Å². The van der Waals surface area contributed by atoms with Crippen LogP contribution in [0.3, 0.4) is 0 Å². The number of furan rings is 1. The molecule has 0 amide bonds. The summed E-state index contributed by atoms with van der Waals surface area (Å²) in [6, 6.07) is 27.6. The van der Waals surface area contributed by atoms with Crippen molar-refractivity contribution >= 4 is 35.2 Å². The van der Waals surface area contributed by atoms with Crippen LogP contribution < -0.4 is 5.46 Å². The van der Waals surface area contributed by atoms with Gasteiger partial charge in [0.2, 0.25) is 0 Å². The van der Waals surface area contributed by atoms with E-state index >= 15 is 0 Å². The van der Waals surface area contributed by atoms with Crippen LogP contribution in [0.4, 0.5) is 0 Å². The Hall–Kier alpha value is -3.08. The van der Waals surface area contributed by atoms with Crippen LogP contribution in [0.5, 0.6) is 0 Å². The van der Waals surface area contributed by atoms with Crippen LogP contribution in [-0.4, -0.2) is 18.3 Å². The third kappa shape index (κ3) is 3.50. The molecule has 4 aromatic rings. The fourth-order valence-corrected chi connectivity index (χ4v) is 5.53. The van der Waals surface area contributed by atoms with E-state index < -0.39 is 18.3 Å². The van der Waals surface area contributed by atoms with Crippen LogP contribution in [0.15, 0.2) is 83.3 Å². The first-order valence-electron chi connectivity index (χ1n) is 12.5. The van der Waals surface area contributed by atoms with E-state index in [0.29, 0.717) is 0 Å². The highest BCUT2D eigenvalue weighted by Gasteiger charge is 2.52.